The van der Waals surface area contributed by atoms with Crippen LogP contribution in [0.2, 0.25) is 0 Å². The SMILES string of the molecule is CC(=O)c1c(F)cccc1N1CCC(C(C)(C)C)C1. The van der Waals surface area contributed by atoms with Crippen LogP contribution in [0.1, 0.15) is 44.5 Å². The molecule has 1 aromatic rings. The molecular formula is C16H22FNO. The molecule has 1 aromatic carbocycles. The van der Waals surface area contributed by atoms with E-state index >= 15 is 0 Å². The third-order valence-corrected chi connectivity index (χ3v) is 4.10. The topological polar surface area (TPSA) is 20.3 Å². The van der Waals surface area contributed by atoms with Crippen LogP contribution in [0.25, 0.3) is 0 Å². The van der Waals surface area contributed by atoms with E-state index < -0.39 is 5.82 Å². The molecule has 104 valence electrons. The van der Waals surface area contributed by atoms with Crippen molar-refractivity contribution < 1.29 is 9.18 Å². The number of benzene rings is 1. The zero-order valence-electron chi connectivity index (χ0n) is 12.2. The molecule has 1 aliphatic heterocycles. The van der Waals surface area contributed by atoms with Crippen LogP contribution < -0.4 is 4.90 Å². The minimum Gasteiger partial charge on any atom is -0.371 e. The Kier molecular flexibility index (Phi) is 3.66. The summed E-state index contributed by atoms with van der Waals surface area (Å²) in [4.78, 5) is 13.8. The first-order chi connectivity index (χ1) is 8.80. The van der Waals surface area contributed by atoms with Crippen molar-refractivity contribution >= 4 is 11.5 Å². The molecular weight excluding hydrogens is 241 g/mol. The quantitative estimate of drug-likeness (QED) is 0.754. The normalized spacial score (nSPS) is 19.8. The number of Topliss-reactive ketones (excluding diaryl/α,β-unsaturated/α-hetero) is 1. The Morgan fingerprint density at radius 1 is 1.37 bits per heavy atom. The molecule has 1 atom stereocenters. The first kappa shape index (κ1) is 14.0. The van der Waals surface area contributed by atoms with Crippen LogP contribution in [-0.4, -0.2) is 18.9 Å². The maximum Gasteiger partial charge on any atom is 0.164 e. The van der Waals surface area contributed by atoms with Crippen LogP contribution >= 0.6 is 0 Å². The third kappa shape index (κ3) is 2.80. The highest BCUT2D eigenvalue weighted by molar-refractivity contribution is 6.00. The summed E-state index contributed by atoms with van der Waals surface area (Å²) in [5.74, 6) is -0.0351. The Balaban J connectivity index is 2.30. The zero-order chi connectivity index (χ0) is 14.2. The molecule has 1 saturated heterocycles. The number of carbonyl (C=O) groups excluding carboxylic acids is 1. The molecule has 0 aromatic heterocycles. The monoisotopic (exact) mass is 263 g/mol. The van der Waals surface area contributed by atoms with Gasteiger partial charge in [0.1, 0.15) is 5.82 Å². The van der Waals surface area contributed by atoms with Crippen molar-refractivity contribution in [2.24, 2.45) is 11.3 Å². The fraction of sp³-hybridized carbons (Fsp3) is 0.562. The van der Waals surface area contributed by atoms with Gasteiger partial charge in [-0.2, -0.15) is 0 Å². The Hall–Kier alpha value is -1.38. The van der Waals surface area contributed by atoms with Gasteiger partial charge in [-0.3, -0.25) is 4.79 Å². The second-order valence-corrected chi connectivity index (χ2v) is 6.49. The van der Waals surface area contributed by atoms with E-state index in [0.29, 0.717) is 5.92 Å². The smallest absolute Gasteiger partial charge is 0.164 e. The fourth-order valence-corrected chi connectivity index (χ4v) is 2.81. The van der Waals surface area contributed by atoms with Crippen molar-refractivity contribution in [1.82, 2.24) is 0 Å². The van der Waals surface area contributed by atoms with E-state index in [0.717, 1.165) is 25.2 Å². The summed E-state index contributed by atoms with van der Waals surface area (Å²) < 4.78 is 13.8. The molecule has 2 rings (SSSR count). The van der Waals surface area contributed by atoms with E-state index in [2.05, 4.69) is 25.7 Å². The van der Waals surface area contributed by atoms with Crippen molar-refractivity contribution in [2.75, 3.05) is 18.0 Å². The van der Waals surface area contributed by atoms with Gasteiger partial charge in [-0.05, 0) is 36.8 Å². The van der Waals surface area contributed by atoms with Gasteiger partial charge in [-0.1, -0.05) is 26.8 Å². The van der Waals surface area contributed by atoms with Gasteiger partial charge in [0.2, 0.25) is 0 Å². The molecule has 0 bridgehead atoms. The lowest BCUT2D eigenvalue weighted by molar-refractivity contribution is 0.101. The minimum absolute atomic E-state index is 0.202. The molecule has 0 saturated carbocycles. The number of rotatable bonds is 2. The van der Waals surface area contributed by atoms with Crippen LogP contribution in [-0.2, 0) is 0 Å². The Morgan fingerprint density at radius 2 is 2.05 bits per heavy atom. The molecule has 0 N–H and O–H groups in total. The van der Waals surface area contributed by atoms with Crippen molar-refractivity contribution in [3.05, 3.63) is 29.6 Å². The van der Waals surface area contributed by atoms with Gasteiger partial charge >= 0.3 is 0 Å². The molecule has 19 heavy (non-hydrogen) atoms. The van der Waals surface area contributed by atoms with E-state index in [1.807, 2.05) is 6.07 Å². The second kappa shape index (κ2) is 4.95. The average Bonchev–Trinajstić information content (AvgIpc) is 2.76. The first-order valence-electron chi connectivity index (χ1n) is 6.85. The molecule has 0 aliphatic carbocycles. The number of hydrogen-bond acceptors (Lipinski definition) is 2. The largest absolute Gasteiger partial charge is 0.371 e. The minimum atomic E-state index is -0.413. The van der Waals surface area contributed by atoms with E-state index in [-0.39, 0.29) is 16.8 Å². The van der Waals surface area contributed by atoms with E-state index in [9.17, 15) is 9.18 Å². The van der Waals surface area contributed by atoms with Gasteiger partial charge in [0, 0.05) is 13.1 Å². The average molecular weight is 263 g/mol. The standard InChI is InChI=1S/C16H22FNO/c1-11(19)15-13(17)6-5-7-14(15)18-9-8-12(10-18)16(2,3)4/h5-7,12H,8-10H2,1-4H3. The van der Waals surface area contributed by atoms with Crippen LogP contribution in [0.3, 0.4) is 0 Å². The predicted octanol–water partition coefficient (Wildman–Crippen LogP) is 3.90. The number of hydrogen-bond donors (Lipinski definition) is 0. The molecule has 3 heteroatoms. The molecule has 2 nitrogen and oxygen atoms in total. The number of halogens is 1. The maximum atomic E-state index is 13.8. The zero-order valence-corrected chi connectivity index (χ0v) is 12.2. The van der Waals surface area contributed by atoms with E-state index in [4.69, 9.17) is 0 Å². The number of nitrogens with zero attached hydrogens (tertiary/aromatic N) is 1. The summed E-state index contributed by atoms with van der Waals surface area (Å²) in [5, 5.41) is 0. The number of ketones is 1. The van der Waals surface area contributed by atoms with Crippen LogP contribution in [0, 0.1) is 17.2 Å². The van der Waals surface area contributed by atoms with Crippen molar-refractivity contribution in [3.8, 4) is 0 Å². The first-order valence-corrected chi connectivity index (χ1v) is 6.85. The maximum absolute atomic E-state index is 13.8. The van der Waals surface area contributed by atoms with Gasteiger partial charge in [0.25, 0.3) is 0 Å². The summed E-state index contributed by atoms with van der Waals surface area (Å²) in [7, 11) is 0. The van der Waals surface area contributed by atoms with Crippen LogP contribution in [0.15, 0.2) is 18.2 Å². The molecule has 0 radical (unpaired) electrons. The molecule has 0 amide bonds. The summed E-state index contributed by atoms with van der Waals surface area (Å²) in [6, 6.07) is 4.89. The second-order valence-electron chi connectivity index (χ2n) is 6.49. The summed E-state index contributed by atoms with van der Waals surface area (Å²) in [6.07, 6.45) is 1.09. The highest BCUT2D eigenvalue weighted by Crippen LogP contribution is 2.37. The lowest BCUT2D eigenvalue weighted by atomic mass is 9.80. The fourth-order valence-electron chi connectivity index (χ4n) is 2.81. The summed E-state index contributed by atoms with van der Waals surface area (Å²) >= 11 is 0. The van der Waals surface area contributed by atoms with Crippen molar-refractivity contribution in [3.63, 3.8) is 0 Å². The molecule has 1 aliphatic rings. The van der Waals surface area contributed by atoms with Crippen molar-refractivity contribution in [2.45, 2.75) is 34.1 Å². The highest BCUT2D eigenvalue weighted by Gasteiger charge is 2.33. The van der Waals surface area contributed by atoms with Gasteiger partial charge in [0.15, 0.2) is 5.78 Å². The lowest BCUT2D eigenvalue weighted by Crippen LogP contribution is -2.27. The van der Waals surface area contributed by atoms with E-state index in [1.54, 1.807) is 6.07 Å². The van der Waals surface area contributed by atoms with Crippen molar-refractivity contribution in [1.29, 1.82) is 0 Å². The molecule has 0 spiro atoms. The number of anilines is 1. The van der Waals surface area contributed by atoms with Crippen LogP contribution in [0.4, 0.5) is 10.1 Å². The summed E-state index contributed by atoms with van der Waals surface area (Å²) in [5.41, 5.74) is 1.23. The summed E-state index contributed by atoms with van der Waals surface area (Å²) in [6.45, 7) is 9.92. The Morgan fingerprint density at radius 3 is 2.58 bits per heavy atom. The lowest BCUT2D eigenvalue weighted by Gasteiger charge is -2.28. The van der Waals surface area contributed by atoms with Gasteiger partial charge in [-0.25, -0.2) is 4.39 Å². The Labute approximate surface area is 114 Å². The number of carbonyl (C=O) groups is 1. The molecule has 1 heterocycles. The van der Waals surface area contributed by atoms with Crippen LogP contribution in [0.5, 0.6) is 0 Å². The Bertz CT molecular complexity index is 490. The van der Waals surface area contributed by atoms with E-state index in [1.165, 1.54) is 13.0 Å². The predicted molar refractivity (Wildman–Crippen MR) is 76.2 cm³/mol. The van der Waals surface area contributed by atoms with Gasteiger partial charge in [0.05, 0.1) is 11.3 Å². The highest BCUT2D eigenvalue weighted by atomic mass is 19.1. The van der Waals surface area contributed by atoms with Gasteiger partial charge in [-0.15, -0.1) is 0 Å². The third-order valence-electron chi connectivity index (χ3n) is 4.10. The molecule has 1 fully saturated rings. The molecule has 1 unspecified atom stereocenters. The van der Waals surface area contributed by atoms with Gasteiger partial charge < -0.3 is 4.90 Å².